The van der Waals surface area contributed by atoms with E-state index in [1.54, 1.807) is 6.92 Å². The van der Waals surface area contributed by atoms with Crippen LogP contribution in [0.5, 0.6) is 0 Å². The molecule has 0 aromatic rings. The van der Waals surface area contributed by atoms with Crippen LogP contribution in [-0.2, 0) is 4.79 Å². The first kappa shape index (κ1) is 7.36. The lowest BCUT2D eigenvalue weighted by Crippen LogP contribution is -2.35. The molecule has 0 amide bonds. The van der Waals surface area contributed by atoms with E-state index in [0.717, 1.165) is 0 Å². The van der Waals surface area contributed by atoms with Crippen LogP contribution >= 0.6 is 22.6 Å². The minimum atomic E-state index is -0.669. The number of Topliss-reactive ketones (excluding diaryl/α,β-unsaturated/α-hetero) is 1. The van der Waals surface area contributed by atoms with E-state index in [1.807, 2.05) is 22.6 Å². The highest BCUT2D eigenvalue weighted by Crippen LogP contribution is 2.09. The van der Waals surface area contributed by atoms with Crippen molar-refractivity contribution in [2.45, 2.75) is 17.4 Å². The van der Waals surface area contributed by atoms with Gasteiger partial charge in [-0.3, -0.25) is 4.79 Å². The van der Waals surface area contributed by atoms with Gasteiger partial charge in [0.05, 0.1) is 0 Å². The molecule has 0 aromatic carbocycles. The van der Waals surface area contributed by atoms with E-state index in [1.165, 1.54) is 6.92 Å². The van der Waals surface area contributed by atoms with Gasteiger partial charge < -0.3 is 5.73 Å². The monoisotopic (exact) mass is 213 g/mol. The molecule has 3 heteroatoms. The summed E-state index contributed by atoms with van der Waals surface area (Å²) in [6.07, 6.45) is 0. The predicted octanol–water partition coefficient (Wildman–Crippen LogP) is 0.685. The lowest BCUT2D eigenvalue weighted by molar-refractivity contribution is -0.118. The van der Waals surface area contributed by atoms with Crippen LogP contribution in [0.25, 0.3) is 0 Å². The highest BCUT2D eigenvalue weighted by molar-refractivity contribution is 14.1. The van der Waals surface area contributed by atoms with E-state index in [9.17, 15) is 4.79 Å². The van der Waals surface area contributed by atoms with Crippen LogP contribution in [0.1, 0.15) is 13.8 Å². The summed E-state index contributed by atoms with van der Waals surface area (Å²) < 4.78 is -0.669. The number of carbonyl (C=O) groups excluding carboxylic acids is 1. The molecule has 0 saturated carbocycles. The minimum Gasteiger partial charge on any atom is -0.311 e. The van der Waals surface area contributed by atoms with Gasteiger partial charge in [0, 0.05) is 0 Å². The van der Waals surface area contributed by atoms with Crippen molar-refractivity contribution < 1.29 is 4.79 Å². The molecule has 0 aliphatic carbocycles. The molecule has 0 radical (unpaired) electrons. The molecule has 0 heterocycles. The largest absolute Gasteiger partial charge is 0.311 e. The van der Waals surface area contributed by atoms with Gasteiger partial charge >= 0.3 is 0 Å². The molecule has 0 aliphatic rings. The summed E-state index contributed by atoms with van der Waals surface area (Å²) in [4.78, 5) is 10.3. The average Bonchev–Trinajstić information content (AvgIpc) is 1.31. The highest BCUT2D eigenvalue weighted by Gasteiger charge is 2.17. The molecule has 1 unspecified atom stereocenters. The second-order valence-electron chi connectivity index (χ2n) is 1.63. The smallest absolute Gasteiger partial charge is 0.159 e. The lowest BCUT2D eigenvalue weighted by Gasteiger charge is -2.09. The third kappa shape index (κ3) is 2.99. The quantitative estimate of drug-likeness (QED) is 0.395. The number of nitrogens with two attached hydrogens (primary N) is 1. The van der Waals surface area contributed by atoms with Crippen LogP contribution in [0.2, 0.25) is 0 Å². The Bertz CT molecular complexity index is 84.2. The maximum atomic E-state index is 10.3. The van der Waals surface area contributed by atoms with Crippen LogP contribution in [0, 0.1) is 0 Å². The van der Waals surface area contributed by atoms with Gasteiger partial charge in [-0.1, -0.05) is 22.6 Å². The van der Waals surface area contributed by atoms with Crippen LogP contribution in [-0.4, -0.2) is 9.33 Å². The van der Waals surface area contributed by atoms with Crippen LogP contribution in [0.3, 0.4) is 0 Å². The standard InChI is InChI=1S/C4H8INO/c1-3(7)4(2,5)6/h6H2,1-2H3. The fourth-order valence-electron chi connectivity index (χ4n) is 0. The van der Waals surface area contributed by atoms with Crippen molar-refractivity contribution in [1.29, 1.82) is 0 Å². The Kier molecular flexibility index (Phi) is 2.19. The Morgan fingerprint density at radius 2 is 2.00 bits per heavy atom. The number of halogens is 1. The first-order valence-corrected chi connectivity index (χ1v) is 3.01. The first-order valence-electron chi connectivity index (χ1n) is 1.93. The third-order valence-corrected chi connectivity index (χ3v) is 1.45. The number of hydrogen-bond acceptors (Lipinski definition) is 2. The molecule has 2 nitrogen and oxygen atoms in total. The van der Waals surface area contributed by atoms with Crippen molar-refractivity contribution in [3.63, 3.8) is 0 Å². The highest BCUT2D eigenvalue weighted by atomic mass is 127. The summed E-state index contributed by atoms with van der Waals surface area (Å²) in [6.45, 7) is 3.16. The van der Waals surface area contributed by atoms with Gasteiger partial charge in [-0.25, -0.2) is 0 Å². The molecular weight excluding hydrogens is 205 g/mol. The average molecular weight is 213 g/mol. The van der Waals surface area contributed by atoms with E-state index in [4.69, 9.17) is 5.73 Å². The number of ketones is 1. The zero-order chi connectivity index (χ0) is 6.08. The summed E-state index contributed by atoms with van der Waals surface area (Å²) >= 11 is 1.89. The fourth-order valence-corrected chi connectivity index (χ4v) is 0. The predicted molar refractivity (Wildman–Crippen MR) is 37.3 cm³/mol. The Morgan fingerprint density at radius 1 is 1.86 bits per heavy atom. The number of hydrogen-bond donors (Lipinski definition) is 1. The first-order chi connectivity index (χ1) is 2.94. The van der Waals surface area contributed by atoms with E-state index in [2.05, 4.69) is 0 Å². The Labute approximate surface area is 56.6 Å². The summed E-state index contributed by atoms with van der Waals surface area (Å²) in [6, 6.07) is 0. The van der Waals surface area contributed by atoms with Crippen LogP contribution < -0.4 is 5.73 Å². The normalized spacial score (nSPS) is 18.3. The molecule has 0 aliphatic heterocycles. The topological polar surface area (TPSA) is 43.1 Å². The van der Waals surface area contributed by atoms with Crippen LogP contribution in [0.15, 0.2) is 0 Å². The van der Waals surface area contributed by atoms with Crippen molar-refractivity contribution in [3.05, 3.63) is 0 Å². The minimum absolute atomic E-state index is 0.00750. The summed E-state index contributed by atoms with van der Waals surface area (Å²) in [7, 11) is 0. The molecule has 0 fully saturated rings. The molecule has 1 atom stereocenters. The van der Waals surface area contributed by atoms with Gasteiger partial charge in [0.25, 0.3) is 0 Å². The number of alkyl halides is 1. The van der Waals surface area contributed by atoms with Crippen molar-refractivity contribution in [2.75, 3.05) is 0 Å². The van der Waals surface area contributed by atoms with Crippen LogP contribution in [0.4, 0.5) is 0 Å². The van der Waals surface area contributed by atoms with Gasteiger partial charge in [0.2, 0.25) is 0 Å². The molecule has 0 saturated heterocycles. The summed E-state index contributed by atoms with van der Waals surface area (Å²) in [5.41, 5.74) is 5.32. The molecule has 0 bridgehead atoms. The molecule has 0 aromatic heterocycles. The Hall–Kier alpha value is 0.360. The van der Waals surface area contributed by atoms with Crippen molar-refractivity contribution in [2.24, 2.45) is 5.73 Å². The number of carbonyl (C=O) groups is 1. The number of rotatable bonds is 1. The molecule has 0 spiro atoms. The zero-order valence-electron chi connectivity index (χ0n) is 4.36. The molecule has 0 rings (SSSR count). The molecule has 42 valence electrons. The fraction of sp³-hybridized carbons (Fsp3) is 0.750. The van der Waals surface area contributed by atoms with E-state index < -0.39 is 3.55 Å². The van der Waals surface area contributed by atoms with E-state index >= 15 is 0 Å². The third-order valence-electron chi connectivity index (χ3n) is 0.688. The van der Waals surface area contributed by atoms with E-state index in [0.29, 0.717) is 0 Å². The lowest BCUT2D eigenvalue weighted by atomic mass is 10.3. The van der Waals surface area contributed by atoms with Gasteiger partial charge in [-0.15, -0.1) is 0 Å². The maximum absolute atomic E-state index is 10.3. The second-order valence-corrected chi connectivity index (χ2v) is 3.87. The molecule has 7 heavy (non-hydrogen) atoms. The van der Waals surface area contributed by atoms with Gasteiger partial charge in [0.15, 0.2) is 5.78 Å². The van der Waals surface area contributed by atoms with Gasteiger partial charge in [-0.2, -0.15) is 0 Å². The van der Waals surface area contributed by atoms with Crippen molar-refractivity contribution in [3.8, 4) is 0 Å². The zero-order valence-corrected chi connectivity index (χ0v) is 6.52. The summed E-state index contributed by atoms with van der Waals surface area (Å²) in [5, 5.41) is 0. The summed E-state index contributed by atoms with van der Waals surface area (Å²) in [5.74, 6) is 0.00750. The van der Waals surface area contributed by atoms with Crippen molar-refractivity contribution in [1.82, 2.24) is 0 Å². The molecular formula is C4H8INO. The van der Waals surface area contributed by atoms with Gasteiger partial charge in [0.1, 0.15) is 3.55 Å². The maximum Gasteiger partial charge on any atom is 0.159 e. The Balaban J connectivity index is 3.79. The van der Waals surface area contributed by atoms with E-state index in [-0.39, 0.29) is 5.78 Å². The molecule has 2 N–H and O–H groups in total. The SMILES string of the molecule is CC(=O)C(C)(N)I. The Morgan fingerprint density at radius 3 is 2.00 bits per heavy atom. The van der Waals surface area contributed by atoms with Gasteiger partial charge in [-0.05, 0) is 13.8 Å². The van der Waals surface area contributed by atoms with Crippen molar-refractivity contribution >= 4 is 28.4 Å². The second kappa shape index (κ2) is 2.09.